The predicted molar refractivity (Wildman–Crippen MR) is 121 cm³/mol. The Morgan fingerprint density at radius 3 is 2.29 bits per heavy atom. The molecule has 152 valence electrons. The summed E-state index contributed by atoms with van der Waals surface area (Å²) < 4.78 is 1.02. The Bertz CT molecular complexity index is 1320. The number of hydrogen-bond acceptors (Lipinski definition) is 5. The quantitative estimate of drug-likeness (QED) is 0.469. The number of anilines is 2. The van der Waals surface area contributed by atoms with E-state index in [2.05, 4.69) is 23.3 Å². The average Bonchev–Trinajstić information content (AvgIpc) is 3.31. The molecule has 7 heteroatoms. The van der Waals surface area contributed by atoms with Gasteiger partial charge in [0.05, 0.1) is 27.0 Å². The molecule has 0 fully saturated rings. The first-order valence-electron chi connectivity index (χ1n) is 9.84. The lowest BCUT2D eigenvalue weighted by atomic mass is 10.1. The molecule has 0 aliphatic carbocycles. The molecule has 1 aliphatic heterocycles. The van der Waals surface area contributed by atoms with Crippen molar-refractivity contribution in [1.29, 1.82) is 0 Å². The summed E-state index contributed by atoms with van der Waals surface area (Å²) in [5, 5.41) is 3.35. The number of benzene rings is 3. The standard InChI is InChI=1S/C24H17N3O3S/c1-2-14-7-12-19-20(13-14)31-24(25-19)26-21(28)15-8-10-16(11-9-15)27-22(29)17-5-3-4-6-18(17)23(27)30/h3-13H,2H2,1H3,(H,25,26,28). The van der Waals surface area contributed by atoms with Crippen LogP contribution in [-0.2, 0) is 6.42 Å². The van der Waals surface area contributed by atoms with Gasteiger partial charge >= 0.3 is 0 Å². The Balaban J connectivity index is 1.35. The maximum atomic E-state index is 12.7. The number of thiazole rings is 1. The normalized spacial score (nSPS) is 13.0. The number of rotatable bonds is 4. The first-order chi connectivity index (χ1) is 15.0. The van der Waals surface area contributed by atoms with Crippen LogP contribution in [0.25, 0.3) is 10.2 Å². The molecule has 4 aromatic rings. The number of aryl methyl sites for hydroxylation is 1. The summed E-state index contributed by atoms with van der Waals surface area (Å²) in [4.78, 5) is 43.5. The molecular formula is C24H17N3O3S. The lowest BCUT2D eigenvalue weighted by Gasteiger charge is -2.14. The fourth-order valence-electron chi connectivity index (χ4n) is 3.60. The van der Waals surface area contributed by atoms with E-state index >= 15 is 0 Å². The van der Waals surface area contributed by atoms with E-state index in [-0.39, 0.29) is 17.7 Å². The summed E-state index contributed by atoms with van der Waals surface area (Å²) in [5.74, 6) is -1.03. The Labute approximate surface area is 182 Å². The van der Waals surface area contributed by atoms with Crippen molar-refractivity contribution in [3.8, 4) is 0 Å². The SMILES string of the molecule is CCc1ccc2nc(NC(=O)c3ccc(N4C(=O)c5ccccc5C4=O)cc3)sc2c1. The first-order valence-corrected chi connectivity index (χ1v) is 10.7. The maximum Gasteiger partial charge on any atom is 0.266 e. The molecule has 2 heterocycles. The van der Waals surface area contributed by atoms with Crippen LogP contribution < -0.4 is 10.2 Å². The van der Waals surface area contributed by atoms with Crippen molar-refractivity contribution in [3.05, 3.63) is 89.0 Å². The van der Waals surface area contributed by atoms with Gasteiger partial charge in [-0.25, -0.2) is 9.88 Å². The van der Waals surface area contributed by atoms with Gasteiger partial charge in [-0.15, -0.1) is 0 Å². The van der Waals surface area contributed by atoms with Crippen LogP contribution >= 0.6 is 11.3 Å². The zero-order valence-electron chi connectivity index (χ0n) is 16.6. The van der Waals surface area contributed by atoms with E-state index in [1.807, 2.05) is 12.1 Å². The van der Waals surface area contributed by atoms with E-state index in [0.717, 1.165) is 21.5 Å². The highest BCUT2D eigenvalue weighted by atomic mass is 32.1. The van der Waals surface area contributed by atoms with Crippen LogP contribution in [0.3, 0.4) is 0 Å². The number of imide groups is 1. The Hall–Kier alpha value is -3.84. The van der Waals surface area contributed by atoms with Crippen LogP contribution in [0.1, 0.15) is 43.6 Å². The van der Waals surface area contributed by atoms with Gasteiger partial charge in [0.15, 0.2) is 5.13 Å². The van der Waals surface area contributed by atoms with Gasteiger partial charge < -0.3 is 0 Å². The molecule has 0 spiro atoms. The second-order valence-corrected chi connectivity index (χ2v) is 8.20. The third-order valence-corrected chi connectivity index (χ3v) is 6.20. The molecule has 3 aromatic carbocycles. The van der Waals surface area contributed by atoms with Crippen molar-refractivity contribution in [2.24, 2.45) is 0 Å². The number of nitrogens with zero attached hydrogens (tertiary/aromatic N) is 2. The molecular weight excluding hydrogens is 410 g/mol. The number of amides is 3. The predicted octanol–water partition coefficient (Wildman–Crippen LogP) is 4.91. The summed E-state index contributed by atoms with van der Waals surface area (Å²) in [6, 6.07) is 19.2. The van der Waals surface area contributed by atoms with Crippen LogP contribution in [0.2, 0.25) is 0 Å². The third-order valence-electron chi connectivity index (χ3n) is 5.26. The van der Waals surface area contributed by atoms with Gasteiger partial charge in [-0.3, -0.25) is 19.7 Å². The molecule has 0 unspecified atom stereocenters. The molecule has 0 saturated carbocycles. The molecule has 1 N–H and O–H groups in total. The van der Waals surface area contributed by atoms with E-state index in [9.17, 15) is 14.4 Å². The highest BCUT2D eigenvalue weighted by molar-refractivity contribution is 7.22. The average molecular weight is 427 g/mol. The van der Waals surface area contributed by atoms with Gasteiger partial charge in [-0.05, 0) is 60.5 Å². The third kappa shape index (κ3) is 3.29. The summed E-state index contributed by atoms with van der Waals surface area (Å²) in [6.45, 7) is 2.09. The van der Waals surface area contributed by atoms with Crippen LogP contribution in [0.5, 0.6) is 0 Å². The Morgan fingerprint density at radius 1 is 0.968 bits per heavy atom. The minimum atomic E-state index is -0.362. The summed E-state index contributed by atoms with van der Waals surface area (Å²) in [6.07, 6.45) is 0.939. The number of fused-ring (bicyclic) bond motifs is 2. The van der Waals surface area contributed by atoms with Crippen molar-refractivity contribution in [2.45, 2.75) is 13.3 Å². The maximum absolute atomic E-state index is 12.7. The van der Waals surface area contributed by atoms with Gasteiger partial charge in [0.1, 0.15) is 0 Å². The summed E-state index contributed by atoms with van der Waals surface area (Å²) in [5.41, 5.74) is 3.67. The van der Waals surface area contributed by atoms with Crippen molar-refractivity contribution in [2.75, 3.05) is 10.2 Å². The van der Waals surface area contributed by atoms with E-state index in [4.69, 9.17) is 0 Å². The topological polar surface area (TPSA) is 79.4 Å². The Morgan fingerprint density at radius 2 is 1.65 bits per heavy atom. The van der Waals surface area contributed by atoms with Crippen molar-refractivity contribution in [1.82, 2.24) is 4.98 Å². The highest BCUT2D eigenvalue weighted by Gasteiger charge is 2.36. The lowest BCUT2D eigenvalue weighted by molar-refractivity contribution is 0.0925. The van der Waals surface area contributed by atoms with Crippen molar-refractivity contribution in [3.63, 3.8) is 0 Å². The summed E-state index contributed by atoms with van der Waals surface area (Å²) >= 11 is 1.43. The van der Waals surface area contributed by atoms with Gasteiger partial charge in [0.2, 0.25) is 0 Å². The van der Waals surface area contributed by atoms with Crippen LogP contribution in [0.4, 0.5) is 10.8 Å². The molecule has 31 heavy (non-hydrogen) atoms. The van der Waals surface area contributed by atoms with Gasteiger partial charge in [0, 0.05) is 5.56 Å². The number of nitrogens with one attached hydrogen (secondary N) is 1. The fourth-order valence-corrected chi connectivity index (χ4v) is 4.52. The van der Waals surface area contributed by atoms with Crippen LogP contribution in [0, 0.1) is 0 Å². The lowest BCUT2D eigenvalue weighted by Crippen LogP contribution is -2.29. The van der Waals surface area contributed by atoms with Crippen molar-refractivity contribution >= 4 is 50.1 Å². The smallest absolute Gasteiger partial charge is 0.266 e. The van der Waals surface area contributed by atoms with E-state index < -0.39 is 0 Å². The largest absolute Gasteiger partial charge is 0.298 e. The molecule has 5 rings (SSSR count). The fraction of sp³-hybridized carbons (Fsp3) is 0.0833. The molecule has 0 radical (unpaired) electrons. The second-order valence-electron chi connectivity index (χ2n) is 7.17. The molecule has 3 amide bonds. The molecule has 0 atom stereocenters. The molecule has 1 aliphatic rings. The molecule has 0 bridgehead atoms. The molecule has 6 nitrogen and oxygen atoms in total. The highest BCUT2D eigenvalue weighted by Crippen LogP contribution is 2.29. The molecule has 0 saturated heterocycles. The molecule has 1 aromatic heterocycles. The summed E-state index contributed by atoms with van der Waals surface area (Å²) in [7, 11) is 0. The van der Waals surface area contributed by atoms with Gasteiger partial charge in [0.25, 0.3) is 17.7 Å². The monoisotopic (exact) mass is 427 g/mol. The van der Waals surface area contributed by atoms with Crippen molar-refractivity contribution < 1.29 is 14.4 Å². The first kappa shape index (κ1) is 19.1. The number of aromatic nitrogens is 1. The van der Waals surface area contributed by atoms with E-state index in [1.165, 1.54) is 16.9 Å². The zero-order valence-corrected chi connectivity index (χ0v) is 17.4. The number of carbonyl (C=O) groups excluding carboxylic acids is 3. The van der Waals surface area contributed by atoms with Gasteiger partial charge in [-0.1, -0.05) is 36.5 Å². The minimum Gasteiger partial charge on any atom is -0.298 e. The second kappa shape index (κ2) is 7.45. The number of carbonyl (C=O) groups is 3. The Kier molecular flexibility index (Phi) is 4.60. The van der Waals surface area contributed by atoms with Crippen LogP contribution in [-0.4, -0.2) is 22.7 Å². The van der Waals surface area contributed by atoms with E-state index in [0.29, 0.717) is 27.5 Å². The van der Waals surface area contributed by atoms with Gasteiger partial charge in [-0.2, -0.15) is 0 Å². The number of hydrogen-bond donors (Lipinski definition) is 1. The van der Waals surface area contributed by atoms with Crippen LogP contribution in [0.15, 0.2) is 66.7 Å². The zero-order chi connectivity index (χ0) is 21.5. The van der Waals surface area contributed by atoms with E-state index in [1.54, 1.807) is 48.5 Å². The minimum absolute atomic E-state index is 0.302.